The maximum absolute atomic E-state index is 13.0. The number of nitrogens with one attached hydrogen (secondary N) is 2. The van der Waals surface area contributed by atoms with E-state index in [2.05, 4.69) is 10.6 Å². The first-order valence-electron chi connectivity index (χ1n) is 9.57. The molecule has 0 aliphatic carbocycles. The van der Waals surface area contributed by atoms with E-state index < -0.39 is 17.7 Å². The number of methoxy groups -OCH3 is 1. The van der Waals surface area contributed by atoms with Crippen LogP contribution in [0.2, 0.25) is 0 Å². The molecule has 0 saturated heterocycles. The van der Waals surface area contributed by atoms with Gasteiger partial charge >= 0.3 is 6.09 Å². The van der Waals surface area contributed by atoms with E-state index in [1.54, 1.807) is 45.0 Å². The first-order chi connectivity index (χ1) is 13.6. The third kappa shape index (κ3) is 6.24. The summed E-state index contributed by atoms with van der Waals surface area (Å²) in [5.41, 5.74) is 3.19. The molecule has 0 aliphatic rings. The topological polar surface area (TPSA) is 76.7 Å². The van der Waals surface area contributed by atoms with Crippen molar-refractivity contribution < 1.29 is 19.1 Å². The van der Waals surface area contributed by atoms with Crippen molar-refractivity contribution in [1.29, 1.82) is 0 Å². The number of alkyl carbamates (subject to hydrolysis) is 1. The van der Waals surface area contributed by atoms with Gasteiger partial charge in [-0.1, -0.05) is 36.4 Å². The van der Waals surface area contributed by atoms with Crippen LogP contribution >= 0.6 is 0 Å². The predicted octanol–water partition coefficient (Wildman–Crippen LogP) is 4.19. The molecular formula is C23H30N2O4. The summed E-state index contributed by atoms with van der Waals surface area (Å²) in [5.74, 6) is 0.164. The molecule has 2 N–H and O–H groups in total. The molecule has 1 unspecified atom stereocenters. The number of para-hydroxylation sites is 1. The van der Waals surface area contributed by atoms with E-state index in [-0.39, 0.29) is 5.91 Å². The molecule has 0 heterocycles. The number of carbonyl (C=O) groups excluding carboxylic acids is 2. The minimum absolute atomic E-state index is 0.346. The lowest BCUT2D eigenvalue weighted by Gasteiger charge is -2.24. The molecule has 2 amide bonds. The monoisotopic (exact) mass is 398 g/mol. The molecule has 0 aliphatic heterocycles. The van der Waals surface area contributed by atoms with Crippen molar-refractivity contribution in [1.82, 2.24) is 10.6 Å². The highest BCUT2D eigenvalue weighted by molar-refractivity contribution is 5.87. The number of amides is 2. The van der Waals surface area contributed by atoms with E-state index in [1.165, 1.54) is 7.11 Å². The molecule has 6 nitrogen and oxygen atoms in total. The summed E-state index contributed by atoms with van der Waals surface area (Å²) < 4.78 is 10.7. The van der Waals surface area contributed by atoms with Gasteiger partial charge in [-0.3, -0.25) is 4.79 Å². The van der Waals surface area contributed by atoms with Gasteiger partial charge in [-0.15, -0.1) is 0 Å². The van der Waals surface area contributed by atoms with Crippen LogP contribution in [0.4, 0.5) is 4.79 Å². The zero-order valence-electron chi connectivity index (χ0n) is 18.0. The second-order valence-corrected chi connectivity index (χ2v) is 7.90. The Morgan fingerprint density at radius 3 is 2.38 bits per heavy atom. The second-order valence-electron chi connectivity index (χ2n) is 7.90. The Bertz CT molecular complexity index is 871. The first kappa shape index (κ1) is 22.3. The van der Waals surface area contributed by atoms with Crippen LogP contribution in [0, 0.1) is 13.8 Å². The summed E-state index contributed by atoms with van der Waals surface area (Å²) in [4.78, 5) is 25.4. The van der Waals surface area contributed by atoms with E-state index in [0.29, 0.717) is 17.9 Å². The summed E-state index contributed by atoms with van der Waals surface area (Å²) in [6.07, 6.45) is -0.671. The average molecular weight is 399 g/mol. The number of hydrogen-bond donors (Lipinski definition) is 2. The molecule has 156 valence electrons. The van der Waals surface area contributed by atoms with Gasteiger partial charge in [-0.2, -0.15) is 0 Å². The fourth-order valence-electron chi connectivity index (χ4n) is 2.90. The molecule has 0 radical (unpaired) electrons. The van der Waals surface area contributed by atoms with Crippen molar-refractivity contribution in [3.63, 3.8) is 0 Å². The molecule has 0 fully saturated rings. The van der Waals surface area contributed by atoms with Crippen molar-refractivity contribution in [2.75, 3.05) is 7.11 Å². The Labute approximate surface area is 172 Å². The minimum Gasteiger partial charge on any atom is -0.496 e. The Hall–Kier alpha value is -3.02. The minimum atomic E-state index is -0.953. The van der Waals surface area contributed by atoms with E-state index in [9.17, 15) is 9.59 Å². The third-order valence-corrected chi connectivity index (χ3v) is 4.54. The molecule has 0 saturated carbocycles. The van der Waals surface area contributed by atoms with Gasteiger partial charge in [0.2, 0.25) is 5.91 Å². The Balaban J connectivity index is 2.25. The number of hydrogen-bond acceptors (Lipinski definition) is 4. The maximum atomic E-state index is 13.0. The smallest absolute Gasteiger partial charge is 0.408 e. The lowest BCUT2D eigenvalue weighted by molar-refractivity contribution is -0.123. The van der Waals surface area contributed by atoms with Gasteiger partial charge in [0.1, 0.15) is 17.4 Å². The van der Waals surface area contributed by atoms with Crippen molar-refractivity contribution >= 4 is 12.0 Å². The highest BCUT2D eigenvalue weighted by Crippen LogP contribution is 2.26. The quantitative estimate of drug-likeness (QED) is 0.765. The molecule has 0 aromatic heterocycles. The normalized spacial score (nSPS) is 12.1. The molecule has 2 aromatic carbocycles. The van der Waals surface area contributed by atoms with Crippen molar-refractivity contribution in [2.45, 2.75) is 52.8 Å². The van der Waals surface area contributed by atoms with E-state index in [1.807, 2.05) is 32.0 Å². The molecule has 1 atom stereocenters. The lowest BCUT2D eigenvalue weighted by atomic mass is 10.0. The summed E-state index contributed by atoms with van der Waals surface area (Å²) in [7, 11) is 1.53. The molecule has 6 heteroatoms. The van der Waals surface area contributed by atoms with Crippen LogP contribution in [0.3, 0.4) is 0 Å². The molecule has 0 spiro atoms. The Kier molecular flexibility index (Phi) is 7.26. The first-order valence-corrected chi connectivity index (χ1v) is 9.57. The van der Waals surface area contributed by atoms with Crippen LogP contribution in [0.5, 0.6) is 5.75 Å². The molecule has 2 aromatic rings. The Morgan fingerprint density at radius 2 is 1.72 bits per heavy atom. The molecule has 2 rings (SSSR count). The van der Waals surface area contributed by atoms with Crippen molar-refractivity contribution in [3.05, 3.63) is 64.7 Å². The van der Waals surface area contributed by atoms with E-state index >= 15 is 0 Å². The number of carbonyl (C=O) groups is 2. The SMILES string of the molecule is COc1ccccc1C(NC(=O)OC(C)(C)C)C(=O)NCc1cccc(C)c1C. The largest absolute Gasteiger partial charge is 0.496 e. The van der Waals surface area contributed by atoms with Gasteiger partial charge < -0.3 is 20.1 Å². The summed E-state index contributed by atoms with van der Waals surface area (Å²) >= 11 is 0. The van der Waals surface area contributed by atoms with Crippen LogP contribution in [0.25, 0.3) is 0 Å². The third-order valence-electron chi connectivity index (χ3n) is 4.54. The summed E-state index contributed by atoms with van der Waals surface area (Å²) in [6, 6.07) is 12.1. The maximum Gasteiger partial charge on any atom is 0.408 e. The standard InChI is InChI=1S/C23H30N2O4/c1-15-10-9-11-17(16(15)2)14-24-21(26)20(25-22(27)29-23(3,4)5)18-12-7-8-13-19(18)28-6/h7-13,20H,14H2,1-6H3,(H,24,26)(H,25,27). The van der Waals surface area contributed by atoms with Crippen LogP contribution < -0.4 is 15.4 Å². The summed E-state index contributed by atoms with van der Waals surface area (Å²) in [6.45, 7) is 9.71. The van der Waals surface area contributed by atoms with E-state index in [0.717, 1.165) is 16.7 Å². The second kappa shape index (κ2) is 9.45. The van der Waals surface area contributed by atoms with Crippen LogP contribution in [-0.4, -0.2) is 24.7 Å². The zero-order valence-corrected chi connectivity index (χ0v) is 18.0. The number of aryl methyl sites for hydroxylation is 1. The molecular weight excluding hydrogens is 368 g/mol. The van der Waals surface area contributed by atoms with Gasteiger partial charge in [-0.25, -0.2) is 4.79 Å². The highest BCUT2D eigenvalue weighted by atomic mass is 16.6. The number of benzene rings is 2. The van der Waals surface area contributed by atoms with Gasteiger partial charge in [0, 0.05) is 12.1 Å². The fourth-order valence-corrected chi connectivity index (χ4v) is 2.90. The zero-order chi connectivity index (χ0) is 21.6. The van der Waals surface area contributed by atoms with Crippen molar-refractivity contribution in [2.24, 2.45) is 0 Å². The van der Waals surface area contributed by atoms with Crippen LogP contribution in [-0.2, 0) is 16.1 Å². The van der Waals surface area contributed by atoms with Gasteiger partial charge in [-0.05, 0) is 57.4 Å². The van der Waals surface area contributed by atoms with E-state index in [4.69, 9.17) is 9.47 Å². The lowest BCUT2D eigenvalue weighted by Crippen LogP contribution is -2.42. The molecule has 0 bridgehead atoms. The van der Waals surface area contributed by atoms with Crippen molar-refractivity contribution in [3.8, 4) is 5.75 Å². The van der Waals surface area contributed by atoms with Crippen LogP contribution in [0.1, 0.15) is 49.1 Å². The molecule has 29 heavy (non-hydrogen) atoms. The van der Waals surface area contributed by atoms with Crippen LogP contribution in [0.15, 0.2) is 42.5 Å². The average Bonchev–Trinajstić information content (AvgIpc) is 2.65. The highest BCUT2D eigenvalue weighted by Gasteiger charge is 2.28. The van der Waals surface area contributed by atoms with Gasteiger partial charge in [0.15, 0.2) is 0 Å². The van der Waals surface area contributed by atoms with Gasteiger partial charge in [0.05, 0.1) is 7.11 Å². The predicted molar refractivity (Wildman–Crippen MR) is 113 cm³/mol. The number of rotatable bonds is 6. The number of ether oxygens (including phenoxy) is 2. The fraction of sp³-hybridized carbons (Fsp3) is 0.391. The Morgan fingerprint density at radius 1 is 1.03 bits per heavy atom. The summed E-state index contributed by atoms with van der Waals surface area (Å²) in [5, 5.41) is 5.59. The van der Waals surface area contributed by atoms with Gasteiger partial charge in [0.25, 0.3) is 0 Å².